The average Bonchev–Trinajstić information content (AvgIpc) is 2.75. The van der Waals surface area contributed by atoms with E-state index in [9.17, 15) is 0 Å². The zero-order valence-corrected chi connectivity index (χ0v) is 10.1. The summed E-state index contributed by atoms with van der Waals surface area (Å²) in [6.07, 6.45) is 1.73. The maximum Gasteiger partial charge on any atom is 0.242 e. The van der Waals surface area contributed by atoms with E-state index in [0.29, 0.717) is 11.1 Å². The standard InChI is InChI=1S/C12H14N2OS/c1-9(2)16-14-12-11(8-13-15-12)10-6-4-3-5-7-10/h3-9,14H,1-2H3. The molecule has 0 saturated heterocycles. The lowest BCUT2D eigenvalue weighted by atomic mass is 10.1. The highest BCUT2D eigenvalue weighted by molar-refractivity contribution is 8.01. The minimum absolute atomic E-state index is 0.494. The number of rotatable bonds is 4. The molecule has 1 heterocycles. The SMILES string of the molecule is CC(C)SNc1oncc1-c1ccccc1. The number of anilines is 1. The highest BCUT2D eigenvalue weighted by atomic mass is 32.2. The van der Waals surface area contributed by atoms with E-state index in [2.05, 4.69) is 23.7 Å². The van der Waals surface area contributed by atoms with Gasteiger partial charge >= 0.3 is 0 Å². The van der Waals surface area contributed by atoms with Gasteiger partial charge in [-0.25, -0.2) is 0 Å². The Kier molecular flexibility index (Phi) is 3.51. The third kappa shape index (κ3) is 2.58. The van der Waals surface area contributed by atoms with Gasteiger partial charge in [-0.15, -0.1) is 0 Å². The van der Waals surface area contributed by atoms with E-state index in [1.807, 2.05) is 30.3 Å². The van der Waals surface area contributed by atoms with E-state index < -0.39 is 0 Å². The van der Waals surface area contributed by atoms with E-state index in [0.717, 1.165) is 11.1 Å². The molecule has 0 bridgehead atoms. The Labute approximate surface area is 99.4 Å². The Morgan fingerprint density at radius 3 is 2.69 bits per heavy atom. The van der Waals surface area contributed by atoms with Crippen molar-refractivity contribution in [1.82, 2.24) is 5.16 Å². The Balaban J connectivity index is 2.19. The molecule has 0 radical (unpaired) electrons. The number of hydrogen-bond acceptors (Lipinski definition) is 4. The fourth-order valence-corrected chi connectivity index (χ4v) is 1.80. The molecule has 0 aliphatic heterocycles. The van der Waals surface area contributed by atoms with Gasteiger partial charge in [0.1, 0.15) is 0 Å². The van der Waals surface area contributed by atoms with Gasteiger partial charge in [-0.3, -0.25) is 4.72 Å². The van der Waals surface area contributed by atoms with Crippen LogP contribution in [0, 0.1) is 0 Å². The molecule has 0 spiro atoms. The fourth-order valence-electron chi connectivity index (χ4n) is 1.31. The summed E-state index contributed by atoms with van der Waals surface area (Å²) in [6, 6.07) is 10.1. The molecule has 3 nitrogen and oxygen atoms in total. The molecular formula is C12H14N2OS. The molecule has 0 aliphatic rings. The molecule has 4 heteroatoms. The van der Waals surface area contributed by atoms with E-state index in [4.69, 9.17) is 4.52 Å². The number of hydrogen-bond donors (Lipinski definition) is 1. The minimum atomic E-state index is 0.494. The Hall–Kier alpha value is -1.42. The monoisotopic (exact) mass is 234 g/mol. The summed E-state index contributed by atoms with van der Waals surface area (Å²) in [5.41, 5.74) is 2.10. The van der Waals surface area contributed by atoms with Crippen LogP contribution in [0.15, 0.2) is 41.1 Å². The van der Waals surface area contributed by atoms with Crippen molar-refractivity contribution in [2.75, 3.05) is 4.72 Å². The van der Waals surface area contributed by atoms with Crippen molar-refractivity contribution in [3.8, 4) is 11.1 Å². The number of nitrogens with zero attached hydrogens (tertiary/aromatic N) is 1. The Morgan fingerprint density at radius 2 is 2.00 bits per heavy atom. The van der Waals surface area contributed by atoms with Crippen LogP contribution in [0.5, 0.6) is 0 Å². The van der Waals surface area contributed by atoms with Crippen molar-refractivity contribution in [3.05, 3.63) is 36.5 Å². The van der Waals surface area contributed by atoms with Crippen LogP contribution in [0.2, 0.25) is 0 Å². The normalized spacial score (nSPS) is 10.7. The molecular weight excluding hydrogens is 220 g/mol. The molecule has 0 aliphatic carbocycles. The highest BCUT2D eigenvalue weighted by Crippen LogP contribution is 2.29. The van der Waals surface area contributed by atoms with Crippen molar-refractivity contribution in [3.63, 3.8) is 0 Å². The molecule has 84 valence electrons. The quantitative estimate of drug-likeness (QED) is 0.816. The summed E-state index contributed by atoms with van der Waals surface area (Å²) in [5.74, 6) is 0.713. The van der Waals surface area contributed by atoms with Gasteiger partial charge in [-0.05, 0) is 17.5 Å². The zero-order chi connectivity index (χ0) is 11.4. The van der Waals surface area contributed by atoms with Gasteiger partial charge in [0.25, 0.3) is 0 Å². The topological polar surface area (TPSA) is 38.1 Å². The van der Waals surface area contributed by atoms with Gasteiger partial charge in [0.05, 0.1) is 11.8 Å². The van der Waals surface area contributed by atoms with E-state index in [1.54, 1.807) is 18.1 Å². The first-order valence-corrected chi connectivity index (χ1v) is 6.07. The van der Waals surface area contributed by atoms with Crippen LogP contribution in [-0.2, 0) is 0 Å². The predicted molar refractivity (Wildman–Crippen MR) is 68.3 cm³/mol. The second-order valence-corrected chi connectivity index (χ2v) is 5.09. The number of nitrogens with one attached hydrogen (secondary N) is 1. The third-order valence-corrected chi connectivity index (χ3v) is 2.82. The van der Waals surface area contributed by atoms with Crippen LogP contribution in [0.3, 0.4) is 0 Å². The van der Waals surface area contributed by atoms with Crippen LogP contribution in [0.25, 0.3) is 11.1 Å². The molecule has 0 unspecified atom stereocenters. The summed E-state index contributed by atoms with van der Waals surface area (Å²) < 4.78 is 8.37. The van der Waals surface area contributed by atoms with Crippen molar-refractivity contribution >= 4 is 17.8 Å². The van der Waals surface area contributed by atoms with Gasteiger partial charge in [0.2, 0.25) is 5.88 Å². The van der Waals surface area contributed by atoms with Crippen LogP contribution in [0.4, 0.5) is 5.88 Å². The van der Waals surface area contributed by atoms with Crippen molar-refractivity contribution in [1.29, 1.82) is 0 Å². The summed E-state index contributed by atoms with van der Waals surface area (Å²) in [6.45, 7) is 4.24. The number of aromatic nitrogens is 1. The summed E-state index contributed by atoms with van der Waals surface area (Å²) >= 11 is 1.61. The fraction of sp³-hybridized carbons (Fsp3) is 0.250. The molecule has 0 saturated carbocycles. The smallest absolute Gasteiger partial charge is 0.242 e. The molecule has 2 aromatic rings. The van der Waals surface area contributed by atoms with Gasteiger partial charge in [-0.2, -0.15) is 0 Å². The summed E-state index contributed by atoms with van der Waals surface area (Å²) in [5, 5.41) is 4.32. The number of benzene rings is 1. The Morgan fingerprint density at radius 1 is 1.25 bits per heavy atom. The first-order valence-electron chi connectivity index (χ1n) is 5.19. The van der Waals surface area contributed by atoms with Crippen LogP contribution in [-0.4, -0.2) is 10.4 Å². The van der Waals surface area contributed by atoms with Crippen LogP contribution >= 0.6 is 11.9 Å². The van der Waals surface area contributed by atoms with Crippen molar-refractivity contribution in [2.24, 2.45) is 0 Å². The predicted octanol–water partition coefficient (Wildman–Crippen LogP) is 3.81. The molecule has 1 aromatic heterocycles. The lowest BCUT2D eigenvalue weighted by Gasteiger charge is -2.06. The second kappa shape index (κ2) is 5.07. The minimum Gasteiger partial charge on any atom is -0.337 e. The lowest BCUT2D eigenvalue weighted by Crippen LogP contribution is -1.94. The molecule has 2 rings (SSSR count). The highest BCUT2D eigenvalue weighted by Gasteiger charge is 2.10. The molecule has 1 aromatic carbocycles. The first-order chi connectivity index (χ1) is 7.77. The first kappa shape index (κ1) is 11.1. The largest absolute Gasteiger partial charge is 0.337 e. The van der Waals surface area contributed by atoms with E-state index in [1.165, 1.54) is 0 Å². The third-order valence-electron chi connectivity index (χ3n) is 2.04. The second-order valence-electron chi connectivity index (χ2n) is 3.70. The van der Waals surface area contributed by atoms with E-state index in [-0.39, 0.29) is 0 Å². The summed E-state index contributed by atoms with van der Waals surface area (Å²) in [7, 11) is 0. The molecule has 0 fully saturated rings. The van der Waals surface area contributed by atoms with Gasteiger partial charge in [0, 0.05) is 5.25 Å². The molecule has 0 atom stereocenters. The molecule has 16 heavy (non-hydrogen) atoms. The zero-order valence-electron chi connectivity index (χ0n) is 9.31. The lowest BCUT2D eigenvalue weighted by molar-refractivity contribution is 0.437. The van der Waals surface area contributed by atoms with E-state index >= 15 is 0 Å². The van der Waals surface area contributed by atoms with Crippen LogP contribution < -0.4 is 4.72 Å². The van der Waals surface area contributed by atoms with Gasteiger partial charge in [0.15, 0.2) is 0 Å². The van der Waals surface area contributed by atoms with Crippen molar-refractivity contribution < 1.29 is 4.52 Å². The van der Waals surface area contributed by atoms with Gasteiger partial charge < -0.3 is 4.52 Å². The molecule has 1 N–H and O–H groups in total. The maximum absolute atomic E-state index is 5.19. The van der Waals surface area contributed by atoms with Crippen LogP contribution in [0.1, 0.15) is 13.8 Å². The summed E-state index contributed by atoms with van der Waals surface area (Å²) in [4.78, 5) is 0. The van der Waals surface area contributed by atoms with Gasteiger partial charge in [-0.1, -0.05) is 49.3 Å². The maximum atomic E-state index is 5.19. The Bertz CT molecular complexity index is 439. The molecule has 0 amide bonds. The average molecular weight is 234 g/mol. The van der Waals surface area contributed by atoms with Crippen molar-refractivity contribution in [2.45, 2.75) is 19.1 Å².